The fraction of sp³-hybridized carbons (Fsp3) is 0.316. The molecule has 0 unspecified atom stereocenters. The first-order chi connectivity index (χ1) is 10.9. The number of amides is 1. The molecule has 2 nitrogen and oxygen atoms in total. The molecule has 23 heavy (non-hydrogen) atoms. The molecule has 0 aromatic heterocycles. The zero-order valence-electron chi connectivity index (χ0n) is 13.1. The number of benzene rings is 2. The monoisotopic (exact) mass is 347 g/mol. The van der Waals surface area contributed by atoms with E-state index in [1.165, 1.54) is 0 Å². The van der Waals surface area contributed by atoms with Gasteiger partial charge in [0.25, 0.3) is 0 Å². The lowest BCUT2D eigenvalue weighted by Crippen LogP contribution is -2.34. The summed E-state index contributed by atoms with van der Waals surface area (Å²) in [6.07, 6.45) is 0.800. The van der Waals surface area contributed by atoms with Crippen molar-refractivity contribution >= 4 is 29.1 Å². The maximum atomic E-state index is 12.5. The van der Waals surface area contributed by atoms with Gasteiger partial charge in [-0.2, -0.15) is 0 Å². The van der Waals surface area contributed by atoms with Gasteiger partial charge in [0, 0.05) is 21.5 Å². The quantitative estimate of drug-likeness (QED) is 0.843. The Balaban J connectivity index is 2.00. The number of nitrogens with one attached hydrogen (secondary N) is 1. The standard InChI is InChI=1S/C19H19Cl2NO/c1-12(2)22-18(23)17-11-19(17,13-3-7-15(20)8-4-13)14-5-9-16(21)10-6-14/h3-10,12,17H,11H2,1-2H3,(H,22,23)/t17-/m1/s1. The molecule has 1 amide bonds. The van der Waals surface area contributed by atoms with Crippen LogP contribution in [0.5, 0.6) is 0 Å². The van der Waals surface area contributed by atoms with Crippen LogP contribution >= 0.6 is 23.2 Å². The number of carbonyl (C=O) groups is 1. The number of carbonyl (C=O) groups excluding carboxylic acids is 1. The van der Waals surface area contributed by atoms with Gasteiger partial charge in [0.2, 0.25) is 5.91 Å². The summed E-state index contributed by atoms with van der Waals surface area (Å²) in [6, 6.07) is 15.7. The average molecular weight is 348 g/mol. The van der Waals surface area contributed by atoms with Gasteiger partial charge in [-0.1, -0.05) is 47.5 Å². The van der Waals surface area contributed by atoms with Crippen molar-refractivity contribution in [3.05, 3.63) is 69.7 Å². The smallest absolute Gasteiger partial charge is 0.224 e. The molecule has 3 rings (SSSR count). The summed E-state index contributed by atoms with van der Waals surface area (Å²) in [5, 5.41) is 4.43. The van der Waals surface area contributed by atoms with Crippen LogP contribution in [0.25, 0.3) is 0 Å². The Morgan fingerprint density at radius 2 is 1.43 bits per heavy atom. The molecule has 1 saturated carbocycles. The van der Waals surface area contributed by atoms with Crippen LogP contribution in [0.15, 0.2) is 48.5 Å². The molecule has 1 aliphatic rings. The normalized spacial score (nSPS) is 18.7. The van der Waals surface area contributed by atoms with Crippen molar-refractivity contribution in [2.45, 2.75) is 31.7 Å². The van der Waals surface area contributed by atoms with Crippen LogP contribution in [-0.4, -0.2) is 11.9 Å². The van der Waals surface area contributed by atoms with Crippen LogP contribution in [0.1, 0.15) is 31.4 Å². The molecule has 2 aromatic rings. The number of halogens is 2. The molecule has 0 saturated heterocycles. The van der Waals surface area contributed by atoms with Crippen molar-refractivity contribution in [2.24, 2.45) is 5.92 Å². The van der Waals surface area contributed by atoms with Crippen LogP contribution in [-0.2, 0) is 10.2 Å². The van der Waals surface area contributed by atoms with Crippen LogP contribution in [0.4, 0.5) is 0 Å². The molecule has 2 aromatic carbocycles. The molecule has 1 aliphatic carbocycles. The second-order valence-electron chi connectivity index (χ2n) is 6.41. The van der Waals surface area contributed by atoms with E-state index in [4.69, 9.17) is 23.2 Å². The molecule has 1 fully saturated rings. The van der Waals surface area contributed by atoms with Crippen molar-refractivity contribution < 1.29 is 4.79 Å². The molecular formula is C19H19Cl2NO. The summed E-state index contributed by atoms with van der Waals surface area (Å²) >= 11 is 12.0. The highest BCUT2D eigenvalue weighted by Crippen LogP contribution is 2.59. The van der Waals surface area contributed by atoms with Gasteiger partial charge in [-0.15, -0.1) is 0 Å². The molecule has 0 spiro atoms. The fourth-order valence-electron chi connectivity index (χ4n) is 3.26. The van der Waals surface area contributed by atoms with Crippen molar-refractivity contribution in [3.63, 3.8) is 0 Å². The van der Waals surface area contributed by atoms with E-state index in [9.17, 15) is 4.79 Å². The molecule has 4 heteroatoms. The average Bonchev–Trinajstić information content (AvgIpc) is 3.25. The third-order valence-electron chi connectivity index (χ3n) is 4.43. The van der Waals surface area contributed by atoms with E-state index in [0.717, 1.165) is 17.5 Å². The largest absolute Gasteiger partial charge is 0.354 e. The summed E-state index contributed by atoms with van der Waals surface area (Å²) in [4.78, 5) is 12.5. The first kappa shape index (κ1) is 16.4. The van der Waals surface area contributed by atoms with E-state index in [1.807, 2.05) is 62.4 Å². The Morgan fingerprint density at radius 1 is 1.00 bits per heavy atom. The number of hydrogen-bond donors (Lipinski definition) is 1. The first-order valence-electron chi connectivity index (χ1n) is 7.76. The van der Waals surface area contributed by atoms with Gasteiger partial charge in [0.05, 0.1) is 5.92 Å². The van der Waals surface area contributed by atoms with Crippen LogP contribution in [0, 0.1) is 5.92 Å². The van der Waals surface area contributed by atoms with Gasteiger partial charge in [-0.25, -0.2) is 0 Å². The number of rotatable bonds is 4. The molecule has 0 aliphatic heterocycles. The highest BCUT2D eigenvalue weighted by Gasteiger charge is 2.60. The summed E-state index contributed by atoms with van der Waals surface area (Å²) < 4.78 is 0. The summed E-state index contributed by atoms with van der Waals surface area (Å²) in [7, 11) is 0. The molecule has 0 bridgehead atoms. The van der Waals surface area contributed by atoms with Gasteiger partial charge < -0.3 is 5.32 Å². The maximum Gasteiger partial charge on any atom is 0.224 e. The molecule has 0 heterocycles. The number of hydrogen-bond acceptors (Lipinski definition) is 1. The van der Waals surface area contributed by atoms with E-state index >= 15 is 0 Å². The summed E-state index contributed by atoms with van der Waals surface area (Å²) in [6.45, 7) is 3.96. The van der Waals surface area contributed by atoms with Crippen LogP contribution in [0.3, 0.4) is 0 Å². The van der Waals surface area contributed by atoms with Gasteiger partial charge in [-0.05, 0) is 55.7 Å². The van der Waals surface area contributed by atoms with Crippen molar-refractivity contribution in [1.29, 1.82) is 0 Å². The van der Waals surface area contributed by atoms with Crippen molar-refractivity contribution in [2.75, 3.05) is 0 Å². The van der Waals surface area contributed by atoms with E-state index in [0.29, 0.717) is 10.0 Å². The molecule has 120 valence electrons. The third kappa shape index (κ3) is 3.11. The predicted molar refractivity (Wildman–Crippen MR) is 95.1 cm³/mol. The first-order valence-corrected chi connectivity index (χ1v) is 8.51. The fourth-order valence-corrected chi connectivity index (χ4v) is 3.52. The van der Waals surface area contributed by atoms with Crippen LogP contribution < -0.4 is 5.32 Å². The lowest BCUT2D eigenvalue weighted by atomic mass is 9.85. The van der Waals surface area contributed by atoms with Gasteiger partial charge >= 0.3 is 0 Å². The van der Waals surface area contributed by atoms with E-state index in [-0.39, 0.29) is 23.3 Å². The molecule has 1 N–H and O–H groups in total. The second-order valence-corrected chi connectivity index (χ2v) is 7.28. The van der Waals surface area contributed by atoms with Crippen LogP contribution in [0.2, 0.25) is 10.0 Å². The molecule has 0 radical (unpaired) electrons. The van der Waals surface area contributed by atoms with E-state index in [2.05, 4.69) is 5.32 Å². The second kappa shape index (κ2) is 6.18. The van der Waals surface area contributed by atoms with E-state index in [1.54, 1.807) is 0 Å². The Hall–Kier alpha value is -1.51. The Kier molecular flexibility index (Phi) is 4.39. The lowest BCUT2D eigenvalue weighted by molar-refractivity contribution is -0.123. The van der Waals surface area contributed by atoms with Gasteiger partial charge in [0.15, 0.2) is 0 Å². The van der Waals surface area contributed by atoms with Crippen molar-refractivity contribution in [3.8, 4) is 0 Å². The minimum Gasteiger partial charge on any atom is -0.354 e. The predicted octanol–water partition coefficient (Wildman–Crippen LogP) is 4.82. The minimum atomic E-state index is -0.284. The molecule has 1 atom stereocenters. The topological polar surface area (TPSA) is 29.1 Å². The van der Waals surface area contributed by atoms with Gasteiger partial charge in [-0.3, -0.25) is 4.79 Å². The minimum absolute atomic E-state index is 0.0627. The highest BCUT2D eigenvalue weighted by molar-refractivity contribution is 6.30. The summed E-state index contributed by atoms with van der Waals surface area (Å²) in [5.74, 6) is 0.0390. The highest BCUT2D eigenvalue weighted by atomic mass is 35.5. The Bertz CT molecular complexity index is 662. The third-order valence-corrected chi connectivity index (χ3v) is 4.93. The lowest BCUT2D eigenvalue weighted by Gasteiger charge is -2.20. The molecular weight excluding hydrogens is 329 g/mol. The SMILES string of the molecule is CC(C)NC(=O)[C@H]1CC1(c1ccc(Cl)cc1)c1ccc(Cl)cc1. The Morgan fingerprint density at radius 3 is 1.83 bits per heavy atom. The zero-order valence-corrected chi connectivity index (χ0v) is 14.7. The van der Waals surface area contributed by atoms with E-state index < -0.39 is 0 Å². The zero-order chi connectivity index (χ0) is 16.6. The Labute approximate surface area is 146 Å². The van der Waals surface area contributed by atoms with Gasteiger partial charge in [0.1, 0.15) is 0 Å². The van der Waals surface area contributed by atoms with Crippen molar-refractivity contribution in [1.82, 2.24) is 5.32 Å². The maximum absolute atomic E-state index is 12.5. The summed E-state index contributed by atoms with van der Waals surface area (Å²) in [5.41, 5.74) is 1.95.